The summed E-state index contributed by atoms with van der Waals surface area (Å²) in [6.45, 7) is 7.13. The van der Waals surface area contributed by atoms with E-state index >= 15 is 0 Å². The number of carbonyl (C=O) groups excluding carboxylic acids is 1. The van der Waals surface area contributed by atoms with E-state index in [1.807, 2.05) is 0 Å². The number of hydroxylamine groups is 4. The topological polar surface area (TPSA) is 210 Å². The Morgan fingerprint density at radius 1 is 0.825 bits per heavy atom. The van der Waals surface area contributed by atoms with Crippen LogP contribution in [0.5, 0.6) is 0 Å². The highest BCUT2D eigenvalue weighted by Gasteiger charge is 2.57. The van der Waals surface area contributed by atoms with Gasteiger partial charge in [0.2, 0.25) is 5.91 Å². The van der Waals surface area contributed by atoms with Crippen molar-refractivity contribution in [2.75, 3.05) is 0 Å². The summed E-state index contributed by atoms with van der Waals surface area (Å²) in [5, 5.41) is 28.1. The van der Waals surface area contributed by atoms with Crippen molar-refractivity contribution in [2.24, 2.45) is 0 Å². The van der Waals surface area contributed by atoms with Gasteiger partial charge in [0.25, 0.3) is 0 Å². The van der Waals surface area contributed by atoms with Crippen LogP contribution < -0.4 is 5.32 Å². The molecule has 2 spiro atoms. The Kier molecular flexibility index (Phi) is 8.66. The van der Waals surface area contributed by atoms with E-state index in [9.17, 15) is 43.9 Å². The smallest absolute Gasteiger partial charge is 0.349 e. The second kappa shape index (κ2) is 10.8. The molecule has 0 radical (unpaired) electrons. The van der Waals surface area contributed by atoms with Crippen molar-refractivity contribution in [3.8, 4) is 0 Å². The predicted molar refractivity (Wildman–Crippen MR) is 141 cm³/mol. The molecule has 4 aliphatic rings. The maximum Gasteiger partial charge on any atom is 0.469 e. The lowest BCUT2D eigenvalue weighted by molar-refractivity contribution is -0.286. The number of piperidine rings is 1. The first-order chi connectivity index (χ1) is 18.2. The highest BCUT2D eigenvalue weighted by molar-refractivity contribution is 7.46. The molecule has 0 aromatic carbocycles. The molecule has 2 aliphatic heterocycles. The summed E-state index contributed by atoms with van der Waals surface area (Å²) in [5.41, 5.74) is -2.86. The van der Waals surface area contributed by atoms with Crippen LogP contribution in [0.3, 0.4) is 0 Å². The van der Waals surface area contributed by atoms with E-state index in [0.29, 0.717) is 69.8 Å². The number of nitrogens with zero attached hydrogens (tertiary/aromatic N) is 2. The molecule has 1 amide bonds. The van der Waals surface area contributed by atoms with Crippen molar-refractivity contribution in [3.05, 3.63) is 11.6 Å². The molecule has 0 unspecified atom stereocenters. The van der Waals surface area contributed by atoms with Gasteiger partial charge in [-0.1, -0.05) is 6.08 Å². The Balaban J connectivity index is 1.57. The molecule has 14 nitrogen and oxygen atoms in total. The quantitative estimate of drug-likeness (QED) is 0.216. The zero-order valence-corrected chi connectivity index (χ0v) is 25.2. The van der Waals surface area contributed by atoms with Crippen LogP contribution in [0.4, 0.5) is 0 Å². The van der Waals surface area contributed by atoms with Crippen LogP contribution in [0.15, 0.2) is 11.6 Å². The summed E-state index contributed by atoms with van der Waals surface area (Å²) in [6, 6.07) is -0.373. The summed E-state index contributed by atoms with van der Waals surface area (Å²) < 4.78 is 32.6. The number of hydrogen-bond donors (Lipinski definition) is 7. The van der Waals surface area contributed by atoms with Crippen molar-refractivity contribution in [1.82, 2.24) is 15.4 Å². The molecule has 3 fully saturated rings. The van der Waals surface area contributed by atoms with E-state index in [-0.39, 0.29) is 11.9 Å². The van der Waals surface area contributed by atoms with Crippen LogP contribution in [-0.4, -0.2) is 86.4 Å². The maximum atomic E-state index is 13.6. The van der Waals surface area contributed by atoms with Gasteiger partial charge in [0, 0.05) is 22.7 Å². The fraction of sp³-hybridized carbons (Fsp3) is 0.875. The number of phosphoric ester groups is 2. The van der Waals surface area contributed by atoms with Gasteiger partial charge < -0.3 is 35.3 Å². The van der Waals surface area contributed by atoms with Gasteiger partial charge in [-0.2, -0.15) is 10.1 Å². The van der Waals surface area contributed by atoms with E-state index in [0.717, 1.165) is 5.06 Å². The van der Waals surface area contributed by atoms with Gasteiger partial charge in [0.1, 0.15) is 0 Å². The second-order valence-corrected chi connectivity index (χ2v) is 15.4. The van der Waals surface area contributed by atoms with E-state index < -0.39 is 50.0 Å². The molecule has 2 heterocycles. The standard InChI is InChI=1S/C24H43N3O11P2/c1-21(2)15-19(22(3,4)26(21)29)20(28)25-16-13-23(9-5-17(6-10-23)37-39(31,32)33)27(30)24(14-16)11-7-18(8-12-24)38-40(34,35)36/h15-18,29-30H,5-14H2,1-4H3,(H,25,28)(H2,31,32,33)(H2,34,35,36). The van der Waals surface area contributed by atoms with E-state index in [2.05, 4.69) is 5.32 Å². The summed E-state index contributed by atoms with van der Waals surface area (Å²) in [5.74, 6) is -0.326. The summed E-state index contributed by atoms with van der Waals surface area (Å²) >= 11 is 0. The molecule has 16 heteroatoms. The van der Waals surface area contributed by atoms with Gasteiger partial charge in [0.05, 0.1) is 23.3 Å². The van der Waals surface area contributed by atoms with Gasteiger partial charge in [-0.05, 0) is 91.9 Å². The molecule has 40 heavy (non-hydrogen) atoms. The zero-order valence-electron chi connectivity index (χ0n) is 23.4. The van der Waals surface area contributed by atoms with Gasteiger partial charge in [0.15, 0.2) is 0 Å². The fourth-order valence-corrected chi connectivity index (χ4v) is 8.69. The van der Waals surface area contributed by atoms with Crippen LogP contribution in [0, 0.1) is 0 Å². The molecule has 0 atom stereocenters. The van der Waals surface area contributed by atoms with Crippen LogP contribution in [0.25, 0.3) is 0 Å². The minimum atomic E-state index is -4.67. The monoisotopic (exact) mass is 611 g/mol. The Hall–Kier alpha value is -0.730. The van der Waals surface area contributed by atoms with E-state index in [1.54, 1.807) is 33.8 Å². The number of nitrogens with one attached hydrogen (secondary N) is 1. The highest BCUT2D eigenvalue weighted by Crippen LogP contribution is 2.53. The van der Waals surface area contributed by atoms with Gasteiger partial charge in [-0.25, -0.2) is 9.13 Å². The fourth-order valence-electron chi connectivity index (χ4n) is 7.49. The Morgan fingerprint density at radius 2 is 1.23 bits per heavy atom. The molecule has 0 bridgehead atoms. The SMILES string of the molecule is CC1(C)C=C(C(=O)NC2CC3(CCC(OP(=O)(O)O)CC3)N(O)C3(CCC(OP(=O)(O)O)CC3)C2)C(C)(C)N1O. The molecule has 7 N–H and O–H groups in total. The van der Waals surface area contributed by atoms with Crippen LogP contribution in [0.2, 0.25) is 0 Å². The summed E-state index contributed by atoms with van der Waals surface area (Å²) in [6.07, 6.45) is 3.88. The van der Waals surface area contributed by atoms with Crippen LogP contribution >= 0.6 is 15.6 Å². The third-order valence-corrected chi connectivity index (χ3v) is 10.4. The van der Waals surface area contributed by atoms with Gasteiger partial charge in [-0.15, -0.1) is 0 Å². The van der Waals surface area contributed by atoms with Crippen molar-refractivity contribution in [1.29, 1.82) is 0 Å². The van der Waals surface area contributed by atoms with Crippen molar-refractivity contribution < 1.29 is 53.0 Å². The average Bonchev–Trinajstić information content (AvgIpc) is 2.98. The van der Waals surface area contributed by atoms with Crippen molar-refractivity contribution >= 4 is 21.6 Å². The van der Waals surface area contributed by atoms with Crippen LogP contribution in [-0.2, 0) is 23.0 Å². The molecule has 0 aromatic heterocycles. The molecular weight excluding hydrogens is 568 g/mol. The Labute approximate surface area is 234 Å². The first-order valence-corrected chi connectivity index (χ1v) is 16.7. The first kappa shape index (κ1) is 32.2. The highest BCUT2D eigenvalue weighted by atomic mass is 31.2. The molecule has 2 aliphatic carbocycles. The van der Waals surface area contributed by atoms with E-state index in [1.165, 1.54) is 5.06 Å². The number of amides is 1. The molecule has 1 saturated heterocycles. The lowest BCUT2D eigenvalue weighted by Gasteiger charge is -2.60. The normalized spacial score (nSPS) is 37.0. The third kappa shape index (κ3) is 6.59. The molecule has 230 valence electrons. The van der Waals surface area contributed by atoms with E-state index in [4.69, 9.17) is 9.05 Å². The predicted octanol–water partition coefficient (Wildman–Crippen LogP) is 2.73. The minimum Gasteiger partial charge on any atom is -0.349 e. The van der Waals surface area contributed by atoms with Gasteiger partial charge in [-0.3, -0.25) is 13.8 Å². The number of carbonyl (C=O) groups is 1. The minimum absolute atomic E-state index is 0.300. The third-order valence-electron chi connectivity index (χ3n) is 9.26. The zero-order chi connectivity index (χ0) is 29.9. The number of rotatable bonds is 6. The lowest BCUT2D eigenvalue weighted by atomic mass is 9.64. The molecular formula is C24H43N3O11P2. The summed E-state index contributed by atoms with van der Waals surface area (Å²) in [4.78, 5) is 50.6. The number of phosphoric acid groups is 2. The Morgan fingerprint density at radius 3 is 1.55 bits per heavy atom. The molecule has 4 rings (SSSR count). The maximum absolute atomic E-state index is 13.6. The largest absolute Gasteiger partial charge is 0.469 e. The molecule has 2 saturated carbocycles. The molecule has 0 aromatic rings. The van der Waals surface area contributed by atoms with Crippen molar-refractivity contribution in [2.45, 2.75) is 132 Å². The van der Waals surface area contributed by atoms with Gasteiger partial charge >= 0.3 is 15.6 Å². The summed E-state index contributed by atoms with van der Waals surface area (Å²) in [7, 11) is -9.34. The Bertz CT molecular complexity index is 1050. The number of hydrogen-bond acceptors (Lipinski definition) is 9. The van der Waals surface area contributed by atoms with Crippen molar-refractivity contribution in [3.63, 3.8) is 0 Å². The average molecular weight is 612 g/mol. The van der Waals surface area contributed by atoms with Crippen LogP contribution in [0.1, 0.15) is 91.9 Å². The first-order valence-electron chi connectivity index (χ1n) is 13.7. The second-order valence-electron chi connectivity index (χ2n) is 13.0. The lowest BCUT2D eigenvalue weighted by Crippen LogP contribution is -2.69.